The number of carbonyl (C=O) groups excluding carboxylic acids is 1. The molecule has 0 unspecified atom stereocenters. The second-order valence-corrected chi connectivity index (χ2v) is 8.92. The number of carbonyl (C=O) groups is 1. The number of aromatic nitrogens is 1. The Morgan fingerprint density at radius 3 is 2.38 bits per heavy atom. The molecule has 1 aliphatic heterocycles. The van der Waals surface area contributed by atoms with Crippen LogP contribution in [0.3, 0.4) is 0 Å². The molecule has 0 atom stereocenters. The highest BCUT2D eigenvalue weighted by Gasteiger charge is 2.35. The first-order valence-electron chi connectivity index (χ1n) is 9.11. The summed E-state index contributed by atoms with van der Waals surface area (Å²) in [7, 11) is -1.85. The largest absolute Gasteiger partial charge is 0.335 e. The number of hydrogen-bond donors (Lipinski definition) is 1. The summed E-state index contributed by atoms with van der Waals surface area (Å²) >= 11 is 0. The molecular formula is C17H26N4O4S. The van der Waals surface area contributed by atoms with E-state index in [1.807, 2.05) is 0 Å². The first-order valence-corrected chi connectivity index (χ1v) is 10.5. The molecule has 1 aliphatic carbocycles. The van der Waals surface area contributed by atoms with Crippen LogP contribution >= 0.6 is 0 Å². The van der Waals surface area contributed by atoms with Crippen LogP contribution in [0.25, 0.3) is 0 Å². The predicted octanol–water partition coefficient (Wildman–Crippen LogP) is 0.642. The van der Waals surface area contributed by atoms with Crippen LogP contribution in [0, 0.1) is 0 Å². The topological polar surface area (TPSA) is 93.8 Å². The Morgan fingerprint density at radius 1 is 1.12 bits per heavy atom. The summed E-state index contributed by atoms with van der Waals surface area (Å²) in [5, 5.41) is 0. The van der Waals surface area contributed by atoms with Gasteiger partial charge in [-0.05, 0) is 18.9 Å². The maximum Gasteiger partial charge on any atom is 0.282 e. The Kier molecular flexibility index (Phi) is 5.79. The lowest BCUT2D eigenvalue weighted by Crippen LogP contribution is -2.55. The summed E-state index contributed by atoms with van der Waals surface area (Å²) in [4.78, 5) is 27.9. The molecule has 1 aromatic rings. The molecule has 1 saturated carbocycles. The molecule has 144 valence electrons. The molecule has 3 rings (SSSR count). The molecule has 0 bridgehead atoms. The van der Waals surface area contributed by atoms with E-state index in [0.29, 0.717) is 13.1 Å². The molecule has 1 N–H and O–H groups in total. The van der Waals surface area contributed by atoms with Crippen LogP contribution in [0.5, 0.6) is 0 Å². The van der Waals surface area contributed by atoms with Gasteiger partial charge in [-0.1, -0.05) is 25.3 Å². The van der Waals surface area contributed by atoms with Crippen molar-refractivity contribution < 1.29 is 13.2 Å². The van der Waals surface area contributed by atoms with Gasteiger partial charge >= 0.3 is 0 Å². The van der Waals surface area contributed by atoms with E-state index in [1.54, 1.807) is 18.0 Å². The van der Waals surface area contributed by atoms with Crippen LogP contribution in [0.1, 0.15) is 42.6 Å². The van der Waals surface area contributed by atoms with Gasteiger partial charge in [0.05, 0.1) is 0 Å². The average molecular weight is 382 g/mol. The lowest BCUT2D eigenvalue weighted by Gasteiger charge is -2.38. The Labute approximate surface area is 154 Å². The first kappa shape index (κ1) is 19.1. The third kappa shape index (κ3) is 3.99. The van der Waals surface area contributed by atoms with Gasteiger partial charge in [-0.3, -0.25) is 9.59 Å². The van der Waals surface area contributed by atoms with Gasteiger partial charge in [0, 0.05) is 45.3 Å². The molecular weight excluding hydrogens is 356 g/mol. The van der Waals surface area contributed by atoms with Crippen LogP contribution in [-0.4, -0.2) is 72.1 Å². The highest BCUT2D eigenvalue weighted by molar-refractivity contribution is 7.86. The summed E-state index contributed by atoms with van der Waals surface area (Å²) in [6.45, 7) is 1.16. The fourth-order valence-electron chi connectivity index (χ4n) is 3.68. The number of hydrogen-bond acceptors (Lipinski definition) is 4. The molecule has 26 heavy (non-hydrogen) atoms. The van der Waals surface area contributed by atoms with Gasteiger partial charge in [-0.2, -0.15) is 17.0 Å². The van der Waals surface area contributed by atoms with Crippen molar-refractivity contribution in [3.05, 3.63) is 34.2 Å². The van der Waals surface area contributed by atoms with E-state index < -0.39 is 10.2 Å². The van der Waals surface area contributed by atoms with Crippen molar-refractivity contribution in [3.63, 3.8) is 0 Å². The Balaban J connectivity index is 1.62. The first-order chi connectivity index (χ1) is 12.4. The lowest BCUT2D eigenvalue weighted by atomic mass is 9.96. The van der Waals surface area contributed by atoms with Gasteiger partial charge in [0.1, 0.15) is 5.69 Å². The maximum absolute atomic E-state index is 12.9. The number of H-pyrrole nitrogens is 1. The van der Waals surface area contributed by atoms with E-state index in [1.165, 1.54) is 27.2 Å². The molecule has 1 saturated heterocycles. The van der Waals surface area contributed by atoms with Crippen LogP contribution in [-0.2, 0) is 10.2 Å². The Hall–Kier alpha value is -1.71. The highest BCUT2D eigenvalue weighted by Crippen LogP contribution is 2.25. The van der Waals surface area contributed by atoms with Gasteiger partial charge in [0.15, 0.2) is 0 Å². The number of pyridine rings is 1. The fourth-order valence-corrected chi connectivity index (χ4v) is 5.26. The monoisotopic (exact) mass is 382 g/mol. The van der Waals surface area contributed by atoms with Crippen molar-refractivity contribution in [1.82, 2.24) is 18.5 Å². The number of nitrogens with one attached hydrogen (secondary N) is 1. The fraction of sp³-hybridized carbons (Fsp3) is 0.647. The summed E-state index contributed by atoms with van der Waals surface area (Å²) < 4.78 is 28.7. The number of aromatic amines is 1. The van der Waals surface area contributed by atoms with Crippen molar-refractivity contribution >= 4 is 16.1 Å². The normalized spacial score (nSPS) is 20.5. The zero-order valence-corrected chi connectivity index (χ0v) is 15.9. The van der Waals surface area contributed by atoms with Crippen LogP contribution in [0.4, 0.5) is 0 Å². The molecule has 1 amide bonds. The SMILES string of the molecule is CN(C1CCCCC1)S(=O)(=O)N1CCN(C(=O)c2cccc(=O)[nH]2)CC1. The molecule has 0 radical (unpaired) electrons. The van der Waals surface area contributed by atoms with E-state index in [9.17, 15) is 18.0 Å². The highest BCUT2D eigenvalue weighted by atomic mass is 32.2. The van der Waals surface area contributed by atoms with Gasteiger partial charge in [0.2, 0.25) is 5.56 Å². The standard InChI is InChI=1S/C17H26N4O4S/c1-19(14-6-3-2-4-7-14)26(24,25)21-12-10-20(11-13-21)17(23)15-8-5-9-16(22)18-15/h5,8-9,14H,2-4,6-7,10-13H2,1H3,(H,18,22). The van der Waals surface area contributed by atoms with Gasteiger partial charge in [-0.25, -0.2) is 0 Å². The zero-order chi connectivity index (χ0) is 18.7. The van der Waals surface area contributed by atoms with Crippen LogP contribution < -0.4 is 5.56 Å². The quantitative estimate of drug-likeness (QED) is 0.827. The van der Waals surface area contributed by atoms with Crippen molar-refractivity contribution in [2.24, 2.45) is 0 Å². The predicted molar refractivity (Wildman–Crippen MR) is 98.1 cm³/mol. The molecule has 2 aliphatic rings. The Morgan fingerprint density at radius 2 is 1.77 bits per heavy atom. The van der Waals surface area contributed by atoms with Crippen LogP contribution in [0.15, 0.2) is 23.0 Å². The summed E-state index contributed by atoms with van der Waals surface area (Å²) in [5.41, 5.74) is -0.0979. The second-order valence-electron chi connectivity index (χ2n) is 6.94. The van der Waals surface area contributed by atoms with Crippen molar-refractivity contribution in [1.29, 1.82) is 0 Å². The molecule has 0 spiro atoms. The molecule has 8 nitrogen and oxygen atoms in total. The van der Waals surface area contributed by atoms with Gasteiger partial charge < -0.3 is 9.88 Å². The third-order valence-electron chi connectivity index (χ3n) is 5.30. The molecule has 1 aromatic heterocycles. The summed E-state index contributed by atoms with van der Waals surface area (Å²) in [6, 6.07) is 4.51. The second kappa shape index (κ2) is 7.89. The zero-order valence-electron chi connectivity index (χ0n) is 15.1. The van der Waals surface area contributed by atoms with E-state index in [-0.39, 0.29) is 36.3 Å². The van der Waals surface area contributed by atoms with Gasteiger partial charge in [-0.15, -0.1) is 0 Å². The minimum Gasteiger partial charge on any atom is -0.335 e. The van der Waals surface area contributed by atoms with E-state index in [0.717, 1.165) is 25.7 Å². The molecule has 0 aromatic carbocycles. The third-order valence-corrected chi connectivity index (χ3v) is 7.35. The van der Waals surface area contributed by atoms with Crippen molar-refractivity contribution in [2.75, 3.05) is 33.2 Å². The molecule has 9 heteroatoms. The Bertz CT molecular complexity index is 793. The smallest absolute Gasteiger partial charge is 0.282 e. The average Bonchev–Trinajstić information content (AvgIpc) is 2.67. The van der Waals surface area contributed by atoms with Crippen molar-refractivity contribution in [2.45, 2.75) is 38.1 Å². The van der Waals surface area contributed by atoms with E-state index >= 15 is 0 Å². The maximum atomic E-state index is 12.9. The molecule has 2 heterocycles. The number of amides is 1. The van der Waals surface area contributed by atoms with Gasteiger partial charge in [0.25, 0.3) is 16.1 Å². The number of nitrogens with zero attached hydrogens (tertiary/aromatic N) is 3. The summed E-state index contributed by atoms with van der Waals surface area (Å²) in [5.74, 6) is -0.277. The van der Waals surface area contributed by atoms with Crippen LogP contribution in [0.2, 0.25) is 0 Å². The van der Waals surface area contributed by atoms with Crippen molar-refractivity contribution in [3.8, 4) is 0 Å². The minimum atomic E-state index is -3.51. The number of rotatable bonds is 4. The molecule has 2 fully saturated rings. The van der Waals surface area contributed by atoms with E-state index in [2.05, 4.69) is 4.98 Å². The number of piperazine rings is 1. The lowest BCUT2D eigenvalue weighted by molar-refractivity contribution is 0.0686. The van der Waals surface area contributed by atoms with E-state index in [4.69, 9.17) is 0 Å². The summed E-state index contributed by atoms with van der Waals surface area (Å²) in [6.07, 6.45) is 5.14. The minimum absolute atomic E-state index is 0.0720.